The lowest BCUT2D eigenvalue weighted by molar-refractivity contribution is -0.138. The molecule has 1 fully saturated rings. The number of carbonyl (C=O) groups excluding carboxylic acids is 1. The monoisotopic (exact) mass is 580 g/mol. The Labute approximate surface area is 240 Å². The number of anilines is 1. The molecule has 10 nitrogen and oxygen atoms in total. The van der Waals surface area contributed by atoms with Gasteiger partial charge < -0.3 is 24.8 Å². The second kappa shape index (κ2) is 11.6. The first-order chi connectivity index (χ1) is 20.3. The second-order valence-corrected chi connectivity index (χ2v) is 10.5. The fourth-order valence-corrected chi connectivity index (χ4v) is 5.47. The summed E-state index contributed by atoms with van der Waals surface area (Å²) in [6.45, 7) is 7.09. The smallest absolute Gasteiger partial charge is 0.416 e. The summed E-state index contributed by atoms with van der Waals surface area (Å²) in [5, 5.41) is 2.68. The third-order valence-electron chi connectivity index (χ3n) is 7.85. The van der Waals surface area contributed by atoms with Crippen molar-refractivity contribution in [2.75, 3.05) is 44.6 Å². The number of nitrogens with zero attached hydrogens (tertiary/aromatic N) is 6. The Morgan fingerprint density at radius 1 is 1.00 bits per heavy atom. The van der Waals surface area contributed by atoms with Crippen LogP contribution in [0, 0.1) is 0 Å². The van der Waals surface area contributed by atoms with Gasteiger partial charge in [-0.2, -0.15) is 18.2 Å². The molecule has 6 rings (SSSR count). The number of halogens is 3. The van der Waals surface area contributed by atoms with Crippen molar-refractivity contribution in [3.63, 3.8) is 0 Å². The van der Waals surface area contributed by atoms with E-state index in [1.54, 1.807) is 11.0 Å². The molecule has 42 heavy (non-hydrogen) atoms. The van der Waals surface area contributed by atoms with Crippen LogP contribution < -0.4 is 10.1 Å². The molecule has 2 aromatic carbocycles. The molecule has 0 radical (unpaired) electrons. The summed E-state index contributed by atoms with van der Waals surface area (Å²) in [5.41, 5.74) is 2.61. The summed E-state index contributed by atoms with van der Waals surface area (Å²) >= 11 is 0. The fourth-order valence-electron chi connectivity index (χ4n) is 5.47. The maximum atomic E-state index is 14.0. The van der Waals surface area contributed by atoms with Gasteiger partial charge >= 0.3 is 12.2 Å². The number of hydrogen-bond acceptors (Lipinski definition) is 7. The van der Waals surface area contributed by atoms with E-state index in [1.807, 2.05) is 23.1 Å². The molecule has 4 aromatic rings. The number of likely N-dealkylation sites (N-methyl/N-ethyl adjacent to an activating group) is 1. The number of carbonyl (C=O) groups is 1. The number of benzene rings is 2. The van der Waals surface area contributed by atoms with Crippen molar-refractivity contribution in [3.8, 4) is 11.6 Å². The number of piperazine rings is 1. The number of ether oxygens (including phenoxy) is 1. The maximum Gasteiger partial charge on any atom is 0.416 e. The van der Waals surface area contributed by atoms with Gasteiger partial charge in [-0.15, -0.1) is 0 Å². The summed E-state index contributed by atoms with van der Waals surface area (Å²) in [4.78, 5) is 34.4. The van der Waals surface area contributed by atoms with Crippen LogP contribution in [-0.4, -0.2) is 79.9 Å². The molecule has 0 unspecified atom stereocenters. The average molecular weight is 581 g/mol. The number of H-pyrrole nitrogens is 1. The molecule has 220 valence electrons. The number of fused-ring (bicyclic) bond motifs is 2. The Morgan fingerprint density at radius 3 is 2.60 bits per heavy atom. The standard InChI is InChI=1S/C29H31F3N8O2/c1-2-38-9-11-39(12-10-38)15-20-3-5-22(14-24(20)29(30,31)32)37-28(41)40-8-7-19-4-6-23(13-21(19)16-40)42-27-25-26(34-17-33-25)35-18-36-27/h3-6,13-14,17-18H,2,7-12,15-16H2,1H3,(H,37,41)(H,33,34,35,36). The second-order valence-electron chi connectivity index (χ2n) is 10.5. The van der Waals surface area contributed by atoms with Gasteiger partial charge in [0.15, 0.2) is 5.65 Å². The molecular weight excluding hydrogens is 549 g/mol. The number of amides is 2. The summed E-state index contributed by atoms with van der Waals surface area (Å²) in [5.74, 6) is 0.863. The number of urea groups is 1. The van der Waals surface area contributed by atoms with Gasteiger partial charge in [0, 0.05) is 51.5 Å². The van der Waals surface area contributed by atoms with E-state index in [9.17, 15) is 18.0 Å². The predicted octanol–water partition coefficient (Wildman–Crippen LogP) is 4.89. The molecule has 4 heterocycles. The molecule has 0 aliphatic carbocycles. The van der Waals surface area contributed by atoms with Gasteiger partial charge in [-0.25, -0.2) is 14.8 Å². The fraction of sp³-hybridized carbons (Fsp3) is 0.379. The highest BCUT2D eigenvalue weighted by molar-refractivity contribution is 5.89. The first kappa shape index (κ1) is 27.9. The minimum Gasteiger partial charge on any atom is -0.437 e. The molecule has 0 spiro atoms. The van der Waals surface area contributed by atoms with Crippen molar-refractivity contribution >= 4 is 22.9 Å². The minimum absolute atomic E-state index is 0.113. The van der Waals surface area contributed by atoms with E-state index >= 15 is 0 Å². The molecule has 13 heteroatoms. The summed E-state index contributed by atoms with van der Waals surface area (Å²) in [7, 11) is 0. The Bertz CT molecular complexity index is 1580. The molecule has 0 saturated carbocycles. The highest BCUT2D eigenvalue weighted by Gasteiger charge is 2.34. The lowest BCUT2D eigenvalue weighted by Crippen LogP contribution is -2.45. The maximum absolute atomic E-state index is 14.0. The largest absolute Gasteiger partial charge is 0.437 e. The van der Waals surface area contributed by atoms with Gasteiger partial charge in [0.25, 0.3) is 0 Å². The number of aromatic amines is 1. The molecule has 2 amide bonds. The van der Waals surface area contributed by atoms with E-state index in [0.717, 1.165) is 49.9 Å². The van der Waals surface area contributed by atoms with Gasteiger partial charge in [0.05, 0.1) is 11.9 Å². The molecule has 2 N–H and O–H groups in total. The molecule has 2 aromatic heterocycles. The Kier molecular flexibility index (Phi) is 7.69. The zero-order chi connectivity index (χ0) is 29.3. The van der Waals surface area contributed by atoms with Crippen molar-refractivity contribution in [1.82, 2.24) is 34.6 Å². The number of alkyl halides is 3. The number of aromatic nitrogens is 4. The minimum atomic E-state index is -4.53. The van der Waals surface area contributed by atoms with Crippen LogP contribution in [0.5, 0.6) is 11.6 Å². The van der Waals surface area contributed by atoms with E-state index in [4.69, 9.17) is 4.74 Å². The van der Waals surface area contributed by atoms with Crippen LogP contribution in [0.2, 0.25) is 0 Å². The first-order valence-corrected chi connectivity index (χ1v) is 13.9. The predicted molar refractivity (Wildman–Crippen MR) is 150 cm³/mol. The first-order valence-electron chi connectivity index (χ1n) is 13.9. The molecule has 0 atom stereocenters. The zero-order valence-electron chi connectivity index (χ0n) is 23.1. The normalized spacial score (nSPS) is 16.4. The van der Waals surface area contributed by atoms with Crippen molar-refractivity contribution < 1.29 is 22.7 Å². The highest BCUT2D eigenvalue weighted by Crippen LogP contribution is 2.35. The number of nitrogens with one attached hydrogen (secondary N) is 2. The third-order valence-corrected chi connectivity index (χ3v) is 7.85. The van der Waals surface area contributed by atoms with E-state index in [-0.39, 0.29) is 24.3 Å². The van der Waals surface area contributed by atoms with Gasteiger partial charge in [-0.3, -0.25) is 4.90 Å². The molecule has 2 aliphatic rings. The van der Waals surface area contributed by atoms with Gasteiger partial charge in [-0.1, -0.05) is 19.1 Å². The number of rotatable bonds is 6. The van der Waals surface area contributed by atoms with Gasteiger partial charge in [0.1, 0.15) is 17.6 Å². The SMILES string of the molecule is CCN1CCN(Cc2ccc(NC(=O)N3CCc4ccc(Oc5ncnc6nc[nH]c56)cc4C3)cc2C(F)(F)F)CC1. The van der Waals surface area contributed by atoms with Crippen LogP contribution in [0.4, 0.5) is 23.7 Å². The Hall–Kier alpha value is -4.23. The lowest BCUT2D eigenvalue weighted by Gasteiger charge is -2.34. The molecular formula is C29H31F3N8O2. The van der Waals surface area contributed by atoms with Crippen molar-refractivity contribution in [2.45, 2.75) is 32.6 Å². The van der Waals surface area contributed by atoms with Gasteiger partial charge in [0.2, 0.25) is 5.88 Å². The highest BCUT2D eigenvalue weighted by atomic mass is 19.4. The summed E-state index contributed by atoms with van der Waals surface area (Å²) < 4.78 is 48.1. The average Bonchev–Trinajstić information content (AvgIpc) is 3.47. The van der Waals surface area contributed by atoms with Crippen molar-refractivity contribution in [1.29, 1.82) is 0 Å². The quantitative estimate of drug-likeness (QED) is 0.335. The molecule has 0 bridgehead atoms. The van der Waals surface area contributed by atoms with E-state index in [0.29, 0.717) is 35.8 Å². The number of hydrogen-bond donors (Lipinski definition) is 2. The van der Waals surface area contributed by atoms with Crippen LogP contribution >= 0.6 is 0 Å². The van der Waals surface area contributed by atoms with Crippen LogP contribution in [0.25, 0.3) is 11.2 Å². The Balaban J connectivity index is 1.13. The summed E-state index contributed by atoms with van der Waals surface area (Å²) in [6, 6.07) is 9.23. The zero-order valence-corrected chi connectivity index (χ0v) is 23.1. The molecule has 1 saturated heterocycles. The summed E-state index contributed by atoms with van der Waals surface area (Å²) in [6.07, 6.45) is -1.05. The van der Waals surface area contributed by atoms with Crippen LogP contribution in [0.1, 0.15) is 29.2 Å². The van der Waals surface area contributed by atoms with E-state index in [1.165, 1.54) is 18.7 Å². The third kappa shape index (κ3) is 6.02. The van der Waals surface area contributed by atoms with Gasteiger partial charge in [-0.05, 0) is 53.9 Å². The van der Waals surface area contributed by atoms with Crippen LogP contribution in [-0.2, 0) is 25.7 Å². The lowest BCUT2D eigenvalue weighted by atomic mass is 9.99. The van der Waals surface area contributed by atoms with Crippen LogP contribution in [0.3, 0.4) is 0 Å². The van der Waals surface area contributed by atoms with Crippen molar-refractivity contribution in [3.05, 3.63) is 71.3 Å². The Morgan fingerprint density at radius 2 is 1.81 bits per heavy atom. The topological polar surface area (TPSA) is 103 Å². The van der Waals surface area contributed by atoms with Crippen LogP contribution in [0.15, 0.2) is 49.1 Å². The van der Waals surface area contributed by atoms with E-state index in [2.05, 4.69) is 37.1 Å². The molecule has 2 aliphatic heterocycles. The number of imidazole rings is 1. The van der Waals surface area contributed by atoms with E-state index < -0.39 is 17.8 Å². The van der Waals surface area contributed by atoms with Crippen molar-refractivity contribution in [2.24, 2.45) is 0 Å².